The Morgan fingerprint density at radius 2 is 1.91 bits per heavy atom. The highest BCUT2D eigenvalue weighted by Crippen LogP contribution is 2.46. The number of nitrogens with one attached hydrogen (secondary N) is 2. The highest BCUT2D eigenvalue weighted by Gasteiger charge is 2.41. The normalized spacial score (nSPS) is 21.8. The number of nitrogen functional groups attached to an aromatic ring is 1. The summed E-state index contributed by atoms with van der Waals surface area (Å²) >= 11 is 0. The predicted octanol–water partition coefficient (Wildman–Crippen LogP) is 4.65. The molecular formula is C24H30F3N5O2. The lowest BCUT2D eigenvalue weighted by atomic mass is 9.80. The molecule has 0 radical (unpaired) electrons. The lowest BCUT2D eigenvalue weighted by molar-refractivity contribution is -0.137. The van der Waals surface area contributed by atoms with Crippen LogP contribution in [0.5, 0.6) is 5.75 Å². The second kappa shape index (κ2) is 8.99. The van der Waals surface area contributed by atoms with Gasteiger partial charge in [-0.3, -0.25) is 0 Å². The molecule has 2 heterocycles. The average Bonchev–Trinajstić information content (AvgIpc) is 2.77. The number of methoxy groups -OCH3 is 1. The number of hydrogen-bond acceptors (Lipinski definition) is 7. The molecule has 0 saturated carbocycles. The first kappa shape index (κ1) is 24.2. The summed E-state index contributed by atoms with van der Waals surface area (Å²) in [6.45, 7) is 4.91. The molecule has 7 nitrogen and oxygen atoms in total. The molecule has 184 valence electrons. The number of aliphatic imine (C=N–C) groups is 1. The van der Waals surface area contributed by atoms with Crippen molar-refractivity contribution in [1.29, 1.82) is 0 Å². The molecule has 1 saturated heterocycles. The molecule has 34 heavy (non-hydrogen) atoms. The van der Waals surface area contributed by atoms with Crippen molar-refractivity contribution in [2.45, 2.75) is 50.5 Å². The van der Waals surface area contributed by atoms with Crippen LogP contribution in [0.25, 0.3) is 0 Å². The van der Waals surface area contributed by atoms with E-state index in [2.05, 4.69) is 15.6 Å². The summed E-state index contributed by atoms with van der Waals surface area (Å²) < 4.78 is 51.4. The number of nitrogens with two attached hydrogens (primary N) is 2. The molecule has 10 heteroatoms. The van der Waals surface area contributed by atoms with E-state index in [1.54, 1.807) is 27.0 Å². The number of anilines is 3. The first-order valence-electron chi connectivity index (χ1n) is 11.2. The van der Waals surface area contributed by atoms with E-state index in [1.165, 1.54) is 6.07 Å². The molecule has 2 aromatic rings. The van der Waals surface area contributed by atoms with Crippen LogP contribution in [-0.4, -0.2) is 32.2 Å². The summed E-state index contributed by atoms with van der Waals surface area (Å²) in [4.78, 5) is 4.64. The average molecular weight is 478 g/mol. The van der Waals surface area contributed by atoms with Crippen molar-refractivity contribution in [1.82, 2.24) is 0 Å². The van der Waals surface area contributed by atoms with Crippen LogP contribution in [0.2, 0.25) is 0 Å². The van der Waals surface area contributed by atoms with Crippen LogP contribution in [0.3, 0.4) is 0 Å². The number of fused-ring (bicyclic) bond motifs is 1. The number of alkyl halides is 3. The van der Waals surface area contributed by atoms with Crippen LogP contribution in [0, 0.1) is 0 Å². The Balaban J connectivity index is 1.76. The van der Waals surface area contributed by atoms with Gasteiger partial charge in [0.05, 0.1) is 18.4 Å². The molecule has 0 spiro atoms. The molecule has 0 bridgehead atoms. The zero-order valence-corrected chi connectivity index (χ0v) is 19.4. The summed E-state index contributed by atoms with van der Waals surface area (Å²) in [7, 11) is 1.57. The minimum atomic E-state index is -4.52. The van der Waals surface area contributed by atoms with Crippen LogP contribution >= 0.6 is 0 Å². The van der Waals surface area contributed by atoms with Crippen LogP contribution in [0.15, 0.2) is 35.3 Å². The zero-order chi connectivity index (χ0) is 24.7. The van der Waals surface area contributed by atoms with Crippen molar-refractivity contribution < 1.29 is 22.6 Å². The molecule has 2 aromatic carbocycles. The van der Waals surface area contributed by atoms with E-state index in [0.29, 0.717) is 35.9 Å². The molecule has 2 aliphatic heterocycles. The van der Waals surface area contributed by atoms with E-state index in [1.807, 2.05) is 6.07 Å². The Kier molecular flexibility index (Phi) is 6.39. The third-order valence-corrected chi connectivity index (χ3v) is 6.49. The number of halogens is 3. The molecule has 0 aromatic heterocycles. The van der Waals surface area contributed by atoms with Crippen molar-refractivity contribution in [2.24, 2.45) is 10.7 Å². The topological polar surface area (TPSA) is 107 Å². The molecule has 1 fully saturated rings. The standard InChI is InChI=1S/C24H30F3N5O2/c1-13(15-8-16(24(25,26)27)10-17(28)9-15)23(29)19-11-22(33-3)21(12-20(19)30-14(2)32-23)31-18-4-6-34-7-5-18/h8-13,18,31H,4-7,28-29H2,1-3H3,(H,30,32). The zero-order valence-electron chi connectivity index (χ0n) is 19.4. The Labute approximate surface area is 196 Å². The number of nitrogens with zero attached hydrogens (tertiary/aromatic N) is 1. The van der Waals surface area contributed by atoms with Gasteiger partial charge in [0.1, 0.15) is 17.2 Å². The Hall–Kier alpha value is -2.98. The van der Waals surface area contributed by atoms with Gasteiger partial charge in [0.25, 0.3) is 0 Å². The van der Waals surface area contributed by atoms with Crippen molar-refractivity contribution in [3.8, 4) is 5.75 Å². The van der Waals surface area contributed by atoms with Gasteiger partial charge in [0.2, 0.25) is 0 Å². The van der Waals surface area contributed by atoms with Gasteiger partial charge < -0.3 is 31.6 Å². The largest absolute Gasteiger partial charge is 0.495 e. The fourth-order valence-electron chi connectivity index (χ4n) is 4.59. The van der Waals surface area contributed by atoms with E-state index in [0.717, 1.165) is 36.3 Å². The first-order valence-corrected chi connectivity index (χ1v) is 11.2. The summed E-state index contributed by atoms with van der Waals surface area (Å²) in [6, 6.07) is 7.47. The van der Waals surface area contributed by atoms with Gasteiger partial charge >= 0.3 is 6.18 Å². The maximum Gasteiger partial charge on any atom is 0.416 e. The van der Waals surface area contributed by atoms with E-state index in [9.17, 15) is 13.2 Å². The number of benzene rings is 2. The highest BCUT2D eigenvalue weighted by atomic mass is 19.4. The van der Waals surface area contributed by atoms with Crippen molar-refractivity contribution in [2.75, 3.05) is 36.7 Å². The molecule has 0 aliphatic carbocycles. The SMILES string of the molecule is COc1cc2c(cc1NC1CCOCC1)NC(C)=NC2(N)C(C)c1cc(N)cc(C(F)(F)F)c1. The van der Waals surface area contributed by atoms with Crippen molar-refractivity contribution in [3.63, 3.8) is 0 Å². The molecular weight excluding hydrogens is 447 g/mol. The molecule has 6 N–H and O–H groups in total. The van der Waals surface area contributed by atoms with Crippen LogP contribution in [-0.2, 0) is 16.6 Å². The van der Waals surface area contributed by atoms with E-state index in [4.69, 9.17) is 20.9 Å². The second-order valence-corrected chi connectivity index (χ2v) is 8.88. The van der Waals surface area contributed by atoms with E-state index >= 15 is 0 Å². The minimum Gasteiger partial charge on any atom is -0.495 e. The van der Waals surface area contributed by atoms with Gasteiger partial charge in [-0.15, -0.1) is 0 Å². The first-order chi connectivity index (χ1) is 16.0. The van der Waals surface area contributed by atoms with Gasteiger partial charge in [-0.2, -0.15) is 13.2 Å². The number of hydrogen-bond donors (Lipinski definition) is 4. The minimum absolute atomic E-state index is 0.0173. The summed E-state index contributed by atoms with van der Waals surface area (Å²) in [5.74, 6) is 0.517. The fraction of sp³-hybridized carbons (Fsp3) is 0.458. The van der Waals surface area contributed by atoms with E-state index in [-0.39, 0.29) is 11.7 Å². The molecule has 2 unspecified atom stereocenters. The molecule has 2 aliphatic rings. The van der Waals surface area contributed by atoms with Crippen LogP contribution in [0.4, 0.5) is 30.2 Å². The Bertz CT molecular complexity index is 1100. The lowest BCUT2D eigenvalue weighted by Gasteiger charge is -2.38. The van der Waals surface area contributed by atoms with Crippen LogP contribution in [0.1, 0.15) is 49.3 Å². The van der Waals surface area contributed by atoms with Crippen LogP contribution < -0.4 is 26.8 Å². The maximum atomic E-state index is 13.4. The fourth-order valence-corrected chi connectivity index (χ4v) is 4.59. The van der Waals surface area contributed by atoms with Gasteiger partial charge in [-0.1, -0.05) is 6.92 Å². The van der Waals surface area contributed by atoms with Gasteiger partial charge in [-0.05, 0) is 55.7 Å². The highest BCUT2D eigenvalue weighted by molar-refractivity contribution is 5.97. The third kappa shape index (κ3) is 4.65. The quantitative estimate of drug-likeness (QED) is 0.467. The Morgan fingerprint density at radius 3 is 2.56 bits per heavy atom. The number of rotatable bonds is 5. The molecule has 2 atom stereocenters. The predicted molar refractivity (Wildman–Crippen MR) is 127 cm³/mol. The Morgan fingerprint density at radius 1 is 1.21 bits per heavy atom. The van der Waals surface area contributed by atoms with E-state index < -0.39 is 23.3 Å². The smallest absolute Gasteiger partial charge is 0.416 e. The summed E-state index contributed by atoms with van der Waals surface area (Å²) in [6.07, 6.45) is -2.77. The molecule has 4 rings (SSSR count). The number of amidine groups is 1. The van der Waals surface area contributed by atoms with Gasteiger partial charge in [-0.25, -0.2) is 4.99 Å². The van der Waals surface area contributed by atoms with Crippen molar-refractivity contribution >= 4 is 22.9 Å². The van der Waals surface area contributed by atoms with Gasteiger partial charge in [0, 0.05) is 42.1 Å². The monoisotopic (exact) mass is 477 g/mol. The lowest BCUT2D eigenvalue weighted by Crippen LogP contribution is -2.44. The number of ether oxygens (including phenoxy) is 2. The summed E-state index contributed by atoms with van der Waals surface area (Å²) in [5, 5.41) is 6.76. The maximum absolute atomic E-state index is 13.4. The second-order valence-electron chi connectivity index (χ2n) is 8.88. The van der Waals surface area contributed by atoms with Gasteiger partial charge in [0.15, 0.2) is 0 Å². The summed E-state index contributed by atoms with van der Waals surface area (Å²) in [5.41, 5.74) is 13.0. The third-order valence-electron chi connectivity index (χ3n) is 6.49. The van der Waals surface area contributed by atoms with Crippen molar-refractivity contribution in [3.05, 3.63) is 47.0 Å². The molecule has 0 amide bonds.